The fraction of sp³-hybridized carbons (Fsp3) is 0.381. The van der Waals surface area contributed by atoms with Crippen LogP contribution in [0.25, 0.3) is 11.1 Å². The minimum atomic E-state index is -0.456. The Morgan fingerprint density at radius 1 is 1.08 bits per heavy atom. The molecule has 1 saturated heterocycles. The molecular weight excluding hydrogens is 312 g/mol. The van der Waals surface area contributed by atoms with Gasteiger partial charge < -0.3 is 15.0 Å². The van der Waals surface area contributed by atoms with Gasteiger partial charge in [-0.05, 0) is 38.8 Å². The fourth-order valence-electron chi connectivity index (χ4n) is 3.07. The Balaban J connectivity index is 1.68. The third-order valence-electron chi connectivity index (χ3n) is 4.21. The van der Waals surface area contributed by atoms with E-state index in [1.54, 1.807) is 4.90 Å². The molecule has 0 aromatic heterocycles. The van der Waals surface area contributed by atoms with E-state index in [1.807, 2.05) is 45.0 Å². The summed E-state index contributed by atoms with van der Waals surface area (Å²) in [6.45, 7) is 7.07. The lowest BCUT2D eigenvalue weighted by atomic mass is 10.0. The fourth-order valence-corrected chi connectivity index (χ4v) is 3.07. The molecule has 2 aromatic carbocycles. The maximum atomic E-state index is 12.2. The molecule has 132 valence electrons. The van der Waals surface area contributed by atoms with Crippen LogP contribution in [0.15, 0.2) is 54.6 Å². The lowest BCUT2D eigenvalue weighted by molar-refractivity contribution is 0.0293. The number of amides is 1. The predicted octanol–water partition coefficient (Wildman–Crippen LogP) is 4.77. The van der Waals surface area contributed by atoms with Gasteiger partial charge in [0.2, 0.25) is 0 Å². The molecule has 4 heteroatoms. The first-order chi connectivity index (χ1) is 11.9. The van der Waals surface area contributed by atoms with Gasteiger partial charge in [0.15, 0.2) is 0 Å². The average molecular weight is 338 g/mol. The summed E-state index contributed by atoms with van der Waals surface area (Å²) in [5.74, 6) is 0. The van der Waals surface area contributed by atoms with E-state index in [0.29, 0.717) is 6.54 Å². The molecule has 0 aliphatic carbocycles. The highest BCUT2D eigenvalue weighted by molar-refractivity contribution is 5.78. The number of anilines is 1. The number of nitrogens with one attached hydrogen (secondary N) is 1. The van der Waals surface area contributed by atoms with E-state index in [0.717, 1.165) is 18.7 Å². The number of para-hydroxylation sites is 1. The number of ether oxygens (including phenoxy) is 1. The molecular formula is C21H26N2O2. The highest BCUT2D eigenvalue weighted by Gasteiger charge is 2.29. The largest absolute Gasteiger partial charge is 0.444 e. The molecule has 3 rings (SSSR count). The lowest BCUT2D eigenvalue weighted by Crippen LogP contribution is -2.36. The van der Waals surface area contributed by atoms with Crippen LogP contribution < -0.4 is 5.32 Å². The van der Waals surface area contributed by atoms with Gasteiger partial charge in [0.25, 0.3) is 0 Å². The third kappa shape index (κ3) is 4.53. The van der Waals surface area contributed by atoms with Crippen molar-refractivity contribution < 1.29 is 9.53 Å². The summed E-state index contributed by atoms with van der Waals surface area (Å²) in [5, 5.41) is 3.61. The standard InChI is InChI=1S/C21H26N2O2/c1-21(2,3)25-20(24)23-14-13-17(15-23)22-19-12-8-7-11-18(19)16-9-5-4-6-10-16/h4-12,17,22H,13-15H2,1-3H3/t17-/m0/s1. The normalized spacial score (nSPS) is 17.4. The zero-order valence-corrected chi connectivity index (χ0v) is 15.2. The Kier molecular flexibility index (Phi) is 4.98. The highest BCUT2D eigenvalue weighted by atomic mass is 16.6. The van der Waals surface area contributed by atoms with E-state index in [-0.39, 0.29) is 12.1 Å². The first-order valence-electron chi connectivity index (χ1n) is 8.81. The number of hydrogen-bond acceptors (Lipinski definition) is 3. The van der Waals surface area contributed by atoms with E-state index < -0.39 is 5.60 Å². The Morgan fingerprint density at radius 2 is 1.76 bits per heavy atom. The van der Waals surface area contributed by atoms with E-state index >= 15 is 0 Å². The molecule has 0 unspecified atom stereocenters. The molecule has 1 aliphatic rings. The molecule has 0 bridgehead atoms. The molecule has 1 atom stereocenters. The average Bonchev–Trinajstić information content (AvgIpc) is 3.03. The molecule has 1 fully saturated rings. The van der Waals surface area contributed by atoms with E-state index in [4.69, 9.17) is 4.74 Å². The maximum Gasteiger partial charge on any atom is 0.410 e. The van der Waals surface area contributed by atoms with Gasteiger partial charge >= 0.3 is 6.09 Å². The van der Waals surface area contributed by atoms with Crippen LogP contribution in [0.3, 0.4) is 0 Å². The number of rotatable bonds is 3. The van der Waals surface area contributed by atoms with Crippen molar-refractivity contribution in [1.82, 2.24) is 4.90 Å². The van der Waals surface area contributed by atoms with Crippen molar-refractivity contribution in [3.8, 4) is 11.1 Å². The molecule has 25 heavy (non-hydrogen) atoms. The minimum absolute atomic E-state index is 0.229. The van der Waals surface area contributed by atoms with Crippen LogP contribution in [0.2, 0.25) is 0 Å². The second kappa shape index (κ2) is 7.18. The topological polar surface area (TPSA) is 41.6 Å². The zero-order valence-electron chi connectivity index (χ0n) is 15.2. The minimum Gasteiger partial charge on any atom is -0.444 e. The molecule has 1 heterocycles. The number of carbonyl (C=O) groups excluding carboxylic acids is 1. The molecule has 2 aromatic rings. The summed E-state index contributed by atoms with van der Waals surface area (Å²) in [7, 11) is 0. The van der Waals surface area contributed by atoms with Crippen LogP contribution >= 0.6 is 0 Å². The summed E-state index contributed by atoms with van der Waals surface area (Å²) in [4.78, 5) is 14.0. The van der Waals surface area contributed by atoms with Crippen molar-refractivity contribution >= 4 is 11.8 Å². The molecule has 4 nitrogen and oxygen atoms in total. The number of carbonyl (C=O) groups is 1. The van der Waals surface area contributed by atoms with Gasteiger partial charge in [0, 0.05) is 30.4 Å². The summed E-state index contributed by atoms with van der Waals surface area (Å²) in [5.41, 5.74) is 3.01. The molecule has 1 aliphatic heterocycles. The Bertz CT molecular complexity index is 722. The number of hydrogen-bond donors (Lipinski definition) is 1. The predicted molar refractivity (Wildman–Crippen MR) is 102 cm³/mol. The van der Waals surface area contributed by atoms with Crippen molar-refractivity contribution in [3.63, 3.8) is 0 Å². The van der Waals surface area contributed by atoms with Gasteiger partial charge in [0.1, 0.15) is 5.60 Å². The Labute approximate surface area is 149 Å². The molecule has 0 spiro atoms. The number of benzene rings is 2. The van der Waals surface area contributed by atoms with Crippen LogP contribution in [-0.4, -0.2) is 35.7 Å². The highest BCUT2D eigenvalue weighted by Crippen LogP contribution is 2.29. The quantitative estimate of drug-likeness (QED) is 0.876. The third-order valence-corrected chi connectivity index (χ3v) is 4.21. The van der Waals surface area contributed by atoms with Crippen LogP contribution in [0.5, 0.6) is 0 Å². The summed E-state index contributed by atoms with van der Waals surface area (Å²) >= 11 is 0. The Morgan fingerprint density at radius 3 is 2.48 bits per heavy atom. The summed E-state index contributed by atoms with van der Waals surface area (Å²) in [6, 6.07) is 18.9. The molecule has 0 radical (unpaired) electrons. The number of likely N-dealkylation sites (tertiary alicyclic amines) is 1. The smallest absolute Gasteiger partial charge is 0.410 e. The van der Waals surface area contributed by atoms with Gasteiger partial charge in [-0.3, -0.25) is 0 Å². The van der Waals surface area contributed by atoms with Gasteiger partial charge in [-0.15, -0.1) is 0 Å². The van der Waals surface area contributed by atoms with Crippen molar-refractivity contribution in [2.75, 3.05) is 18.4 Å². The van der Waals surface area contributed by atoms with Crippen LogP contribution in [0, 0.1) is 0 Å². The van der Waals surface area contributed by atoms with Crippen molar-refractivity contribution in [1.29, 1.82) is 0 Å². The second-order valence-electron chi connectivity index (χ2n) is 7.47. The van der Waals surface area contributed by atoms with Gasteiger partial charge in [-0.1, -0.05) is 48.5 Å². The lowest BCUT2D eigenvalue weighted by Gasteiger charge is -2.24. The summed E-state index contributed by atoms with van der Waals surface area (Å²) < 4.78 is 5.47. The van der Waals surface area contributed by atoms with Gasteiger partial charge in [-0.25, -0.2) is 4.79 Å². The molecule has 1 N–H and O–H groups in total. The van der Waals surface area contributed by atoms with Crippen LogP contribution in [0.1, 0.15) is 27.2 Å². The molecule has 1 amide bonds. The van der Waals surface area contributed by atoms with Crippen molar-refractivity contribution in [3.05, 3.63) is 54.6 Å². The summed E-state index contributed by atoms with van der Waals surface area (Å²) in [6.07, 6.45) is 0.690. The molecule has 0 saturated carbocycles. The van der Waals surface area contributed by atoms with Crippen molar-refractivity contribution in [2.24, 2.45) is 0 Å². The van der Waals surface area contributed by atoms with Crippen LogP contribution in [-0.2, 0) is 4.74 Å². The second-order valence-corrected chi connectivity index (χ2v) is 7.47. The Hall–Kier alpha value is -2.49. The SMILES string of the molecule is CC(C)(C)OC(=O)N1CC[C@H](Nc2ccccc2-c2ccccc2)C1. The van der Waals surface area contributed by atoms with Crippen molar-refractivity contribution in [2.45, 2.75) is 38.8 Å². The monoisotopic (exact) mass is 338 g/mol. The van der Waals surface area contributed by atoms with Crippen LogP contribution in [0.4, 0.5) is 10.5 Å². The first-order valence-corrected chi connectivity index (χ1v) is 8.81. The van der Waals surface area contributed by atoms with Gasteiger partial charge in [0.05, 0.1) is 0 Å². The van der Waals surface area contributed by atoms with Gasteiger partial charge in [-0.2, -0.15) is 0 Å². The van der Waals surface area contributed by atoms with E-state index in [1.165, 1.54) is 11.1 Å². The first kappa shape index (κ1) is 17.3. The number of nitrogens with zero attached hydrogens (tertiary/aromatic N) is 1. The maximum absolute atomic E-state index is 12.2. The van der Waals surface area contributed by atoms with E-state index in [2.05, 4.69) is 35.6 Å². The zero-order chi connectivity index (χ0) is 17.9. The van der Waals surface area contributed by atoms with E-state index in [9.17, 15) is 4.79 Å².